The van der Waals surface area contributed by atoms with Gasteiger partial charge in [0, 0.05) is 43.4 Å². The number of rotatable bonds is 5. The summed E-state index contributed by atoms with van der Waals surface area (Å²) >= 11 is 0. The molecular weight excluding hydrogens is 467 g/mol. The molecule has 0 saturated carbocycles. The molecule has 1 aromatic rings. The van der Waals surface area contributed by atoms with E-state index in [1.54, 1.807) is 11.9 Å². The number of methoxy groups -OCH3 is 1. The molecule has 0 aliphatic carbocycles. The molecule has 1 aliphatic rings. The monoisotopic (exact) mass is 494 g/mol. The minimum absolute atomic E-state index is 0. The predicted octanol–water partition coefficient (Wildman–Crippen LogP) is 1.81. The van der Waals surface area contributed by atoms with E-state index >= 15 is 0 Å². The van der Waals surface area contributed by atoms with Gasteiger partial charge >= 0.3 is 6.09 Å². The van der Waals surface area contributed by atoms with Crippen LogP contribution in [0.15, 0.2) is 40.2 Å². The summed E-state index contributed by atoms with van der Waals surface area (Å²) in [7, 11) is 2.09. The van der Waals surface area contributed by atoms with Crippen molar-refractivity contribution < 1.29 is 13.7 Å². The fraction of sp³-hybridized carbons (Fsp3) is 0.529. The van der Waals surface area contributed by atoms with Crippen LogP contribution in [0.1, 0.15) is 12.8 Å². The van der Waals surface area contributed by atoms with E-state index in [1.165, 1.54) is 7.11 Å². The van der Waals surface area contributed by atoms with Gasteiger partial charge in [-0.15, -0.1) is 24.0 Å². The molecule has 0 radical (unpaired) electrons. The summed E-state index contributed by atoms with van der Waals surface area (Å²) < 4.78 is 16.9. The third-order valence-corrected chi connectivity index (χ3v) is 5.45. The first-order valence-electron chi connectivity index (χ1n) is 8.37. The van der Waals surface area contributed by atoms with E-state index in [4.69, 9.17) is 4.74 Å². The van der Waals surface area contributed by atoms with E-state index in [0.717, 1.165) is 17.7 Å². The molecule has 1 amide bonds. The van der Waals surface area contributed by atoms with E-state index in [2.05, 4.69) is 15.6 Å². The molecule has 0 aromatic heterocycles. The van der Waals surface area contributed by atoms with Gasteiger partial charge in [0.2, 0.25) is 0 Å². The lowest BCUT2D eigenvalue weighted by Gasteiger charge is -2.32. The number of carbonyl (C=O) groups excluding carboxylic acids is 1. The second-order valence-corrected chi connectivity index (χ2v) is 7.31. The van der Waals surface area contributed by atoms with Crippen molar-refractivity contribution in [3.05, 3.63) is 30.3 Å². The van der Waals surface area contributed by atoms with Crippen LogP contribution in [0, 0.1) is 0 Å². The topological polar surface area (TPSA) is 83.0 Å². The SMILES string of the molecule is CN=C(NCCS(=O)c1ccccc1)NC1CCN(C(=O)OC)CC1.I. The third-order valence-electron chi connectivity index (χ3n) is 4.08. The molecule has 0 bridgehead atoms. The van der Waals surface area contributed by atoms with E-state index in [1.807, 2.05) is 30.3 Å². The maximum absolute atomic E-state index is 12.2. The molecule has 0 spiro atoms. The number of piperidine rings is 1. The maximum Gasteiger partial charge on any atom is 0.409 e. The van der Waals surface area contributed by atoms with Crippen LogP contribution in [0.3, 0.4) is 0 Å². The van der Waals surface area contributed by atoms with E-state index in [0.29, 0.717) is 31.3 Å². The summed E-state index contributed by atoms with van der Waals surface area (Å²) in [4.78, 5) is 18.2. The first-order chi connectivity index (χ1) is 12.1. The van der Waals surface area contributed by atoms with Gasteiger partial charge in [0.25, 0.3) is 0 Å². The second kappa shape index (κ2) is 12.1. The van der Waals surface area contributed by atoms with Gasteiger partial charge in [0.05, 0.1) is 17.9 Å². The number of hydrogen-bond acceptors (Lipinski definition) is 4. The van der Waals surface area contributed by atoms with Crippen LogP contribution in [0.25, 0.3) is 0 Å². The largest absolute Gasteiger partial charge is 0.453 e. The normalized spacial score (nSPS) is 16.4. The molecule has 1 aliphatic heterocycles. The number of nitrogens with zero attached hydrogens (tertiary/aromatic N) is 2. The number of aliphatic imine (C=N–C) groups is 1. The Bertz CT molecular complexity index is 607. The number of hydrogen-bond donors (Lipinski definition) is 2. The fourth-order valence-corrected chi connectivity index (χ4v) is 3.66. The van der Waals surface area contributed by atoms with Crippen molar-refractivity contribution in [3.8, 4) is 0 Å². The third kappa shape index (κ3) is 7.10. The number of carbonyl (C=O) groups is 1. The quantitative estimate of drug-likeness (QED) is 0.371. The van der Waals surface area contributed by atoms with Crippen LogP contribution in [-0.2, 0) is 15.5 Å². The summed E-state index contributed by atoms with van der Waals surface area (Å²) in [6, 6.07) is 9.70. The first-order valence-corrected chi connectivity index (χ1v) is 9.69. The summed E-state index contributed by atoms with van der Waals surface area (Å²) in [5, 5.41) is 6.56. The molecular formula is C17H27IN4O3S. The molecule has 2 N–H and O–H groups in total. The molecule has 1 fully saturated rings. The molecule has 1 unspecified atom stereocenters. The van der Waals surface area contributed by atoms with Crippen LogP contribution in [0.2, 0.25) is 0 Å². The highest BCUT2D eigenvalue weighted by Crippen LogP contribution is 2.11. The number of nitrogens with one attached hydrogen (secondary N) is 2. The van der Waals surface area contributed by atoms with Crippen molar-refractivity contribution in [2.45, 2.75) is 23.8 Å². The number of amides is 1. The van der Waals surface area contributed by atoms with Gasteiger partial charge in [-0.3, -0.25) is 9.20 Å². The minimum Gasteiger partial charge on any atom is -0.453 e. The Morgan fingerprint density at radius 3 is 2.54 bits per heavy atom. The molecule has 26 heavy (non-hydrogen) atoms. The summed E-state index contributed by atoms with van der Waals surface area (Å²) in [5.74, 6) is 1.22. The molecule has 7 nitrogen and oxygen atoms in total. The number of ether oxygens (including phenoxy) is 1. The molecule has 1 heterocycles. The fourth-order valence-electron chi connectivity index (χ4n) is 2.68. The zero-order valence-corrected chi connectivity index (χ0v) is 18.3. The van der Waals surface area contributed by atoms with Gasteiger partial charge in [-0.1, -0.05) is 18.2 Å². The highest BCUT2D eigenvalue weighted by Gasteiger charge is 2.23. The van der Waals surface area contributed by atoms with Crippen LogP contribution >= 0.6 is 24.0 Å². The molecule has 146 valence electrons. The van der Waals surface area contributed by atoms with Crippen molar-refractivity contribution in [1.82, 2.24) is 15.5 Å². The Morgan fingerprint density at radius 1 is 1.31 bits per heavy atom. The molecule has 9 heteroatoms. The standard InChI is InChI=1S/C17H26N4O3S.HI/c1-18-16(19-10-13-25(23)15-6-4-3-5-7-15)20-14-8-11-21(12-9-14)17(22)24-2;/h3-7,14H,8-13H2,1-2H3,(H2,18,19,20);1H. The lowest BCUT2D eigenvalue weighted by Crippen LogP contribution is -2.50. The Labute approximate surface area is 174 Å². The highest BCUT2D eigenvalue weighted by atomic mass is 127. The van der Waals surface area contributed by atoms with Crippen LogP contribution < -0.4 is 10.6 Å². The number of likely N-dealkylation sites (tertiary alicyclic amines) is 1. The van der Waals surface area contributed by atoms with Gasteiger partial charge in [-0.25, -0.2) is 4.79 Å². The van der Waals surface area contributed by atoms with Crippen molar-refractivity contribution >= 4 is 46.8 Å². The van der Waals surface area contributed by atoms with Gasteiger partial charge in [-0.05, 0) is 25.0 Å². The Balaban J connectivity index is 0.00000338. The number of halogens is 1. The predicted molar refractivity (Wildman–Crippen MR) is 115 cm³/mol. The smallest absolute Gasteiger partial charge is 0.409 e. The average Bonchev–Trinajstić information content (AvgIpc) is 2.67. The molecule has 2 rings (SSSR count). The van der Waals surface area contributed by atoms with Crippen molar-refractivity contribution in [2.75, 3.05) is 39.5 Å². The van der Waals surface area contributed by atoms with Gasteiger partial charge in [-0.2, -0.15) is 0 Å². The number of benzene rings is 1. The number of guanidine groups is 1. The summed E-state index contributed by atoms with van der Waals surface area (Å²) in [6.45, 7) is 1.90. The lowest BCUT2D eigenvalue weighted by molar-refractivity contribution is 0.111. The average molecular weight is 494 g/mol. The van der Waals surface area contributed by atoms with Gasteiger partial charge in [0.1, 0.15) is 0 Å². The molecule has 1 aromatic carbocycles. The molecule has 1 saturated heterocycles. The summed E-state index contributed by atoms with van der Waals surface area (Å²) in [6.07, 6.45) is 1.40. The van der Waals surface area contributed by atoms with Gasteiger partial charge in [0.15, 0.2) is 5.96 Å². The lowest BCUT2D eigenvalue weighted by atomic mass is 10.1. The second-order valence-electron chi connectivity index (χ2n) is 5.74. The Hall–Kier alpha value is -1.36. The van der Waals surface area contributed by atoms with Crippen LogP contribution in [0.5, 0.6) is 0 Å². The van der Waals surface area contributed by atoms with Crippen LogP contribution in [-0.4, -0.2) is 66.7 Å². The first kappa shape index (κ1) is 22.7. The van der Waals surface area contributed by atoms with Gasteiger partial charge < -0.3 is 20.3 Å². The highest BCUT2D eigenvalue weighted by molar-refractivity contribution is 14.0. The van der Waals surface area contributed by atoms with Crippen LogP contribution in [0.4, 0.5) is 4.79 Å². The minimum atomic E-state index is -1.02. The summed E-state index contributed by atoms with van der Waals surface area (Å²) in [5.41, 5.74) is 0. The van der Waals surface area contributed by atoms with Crippen molar-refractivity contribution in [3.63, 3.8) is 0 Å². The van der Waals surface area contributed by atoms with E-state index in [-0.39, 0.29) is 36.1 Å². The Kier molecular flexibility index (Phi) is 10.6. The molecule has 1 atom stereocenters. The van der Waals surface area contributed by atoms with Crippen molar-refractivity contribution in [2.24, 2.45) is 4.99 Å². The van der Waals surface area contributed by atoms with Crippen molar-refractivity contribution in [1.29, 1.82) is 0 Å². The Morgan fingerprint density at radius 2 is 1.96 bits per heavy atom. The van der Waals surface area contributed by atoms with E-state index in [9.17, 15) is 9.00 Å². The maximum atomic E-state index is 12.2. The van der Waals surface area contributed by atoms with E-state index < -0.39 is 10.8 Å². The zero-order valence-electron chi connectivity index (χ0n) is 15.1. The zero-order chi connectivity index (χ0) is 18.1.